The summed E-state index contributed by atoms with van der Waals surface area (Å²) in [7, 11) is 1.49. The lowest BCUT2D eigenvalue weighted by atomic mass is 10.5. The number of fused-ring (bicyclic) bond motifs is 1. The molecule has 2 aromatic heterocycles. The fourth-order valence-corrected chi connectivity index (χ4v) is 1.37. The number of methoxy groups -OCH3 is 1. The molecule has 0 atom stereocenters. The Bertz CT molecular complexity index is 563. The van der Waals surface area contributed by atoms with Crippen molar-refractivity contribution >= 4 is 11.2 Å². The summed E-state index contributed by atoms with van der Waals surface area (Å²) in [4.78, 5) is 12.4. The van der Waals surface area contributed by atoms with Gasteiger partial charge in [-0.05, 0) is 13.3 Å². The molecule has 0 saturated heterocycles. The molecule has 2 heterocycles. The highest BCUT2D eigenvalue weighted by Crippen LogP contribution is 2.22. The molecule has 0 N–H and O–H groups in total. The minimum Gasteiger partial charge on any atom is -0.479 e. The van der Waals surface area contributed by atoms with Gasteiger partial charge in [0.15, 0.2) is 5.52 Å². The molecule has 0 aromatic carbocycles. The molecule has 0 radical (unpaired) electrons. The van der Waals surface area contributed by atoms with Gasteiger partial charge >= 0.3 is 12.0 Å². The highest BCUT2D eigenvalue weighted by Gasteiger charge is 2.13. The Morgan fingerprint density at radius 1 is 0.947 bits per heavy atom. The Labute approximate surface area is 110 Å². The monoisotopic (exact) mass is 265 g/mol. The second-order valence-corrected chi connectivity index (χ2v) is 3.56. The summed E-state index contributed by atoms with van der Waals surface area (Å²) in [5, 5.41) is 7.74. The van der Waals surface area contributed by atoms with Crippen LogP contribution in [0.25, 0.3) is 11.2 Å². The van der Waals surface area contributed by atoms with Crippen molar-refractivity contribution in [1.29, 1.82) is 0 Å². The molecule has 0 aliphatic rings. The molecule has 2 aromatic rings. The van der Waals surface area contributed by atoms with Gasteiger partial charge in [-0.2, -0.15) is 15.0 Å². The fraction of sp³-hybridized carbons (Fsp3) is 0.545. The Kier molecular flexibility index (Phi) is 4.22. The summed E-state index contributed by atoms with van der Waals surface area (Å²) in [6.45, 7) is 4.80. The summed E-state index contributed by atoms with van der Waals surface area (Å²) in [6, 6.07) is 0.366. The van der Waals surface area contributed by atoms with Crippen LogP contribution in [-0.4, -0.2) is 45.5 Å². The fourth-order valence-electron chi connectivity index (χ4n) is 1.37. The lowest BCUT2D eigenvalue weighted by Gasteiger charge is -2.07. The average molecular weight is 265 g/mol. The maximum atomic E-state index is 5.35. The zero-order valence-corrected chi connectivity index (χ0v) is 11.1. The number of nitrogens with zero attached hydrogens (tertiary/aromatic N) is 5. The van der Waals surface area contributed by atoms with Gasteiger partial charge in [-0.3, -0.25) is 0 Å². The Balaban J connectivity index is 2.43. The van der Waals surface area contributed by atoms with E-state index < -0.39 is 0 Å². The second-order valence-electron chi connectivity index (χ2n) is 3.56. The van der Waals surface area contributed by atoms with Crippen LogP contribution in [-0.2, 0) is 0 Å². The van der Waals surface area contributed by atoms with Gasteiger partial charge in [0.1, 0.15) is 0 Å². The Hall–Kier alpha value is -2.25. The van der Waals surface area contributed by atoms with Crippen molar-refractivity contribution < 1.29 is 14.2 Å². The van der Waals surface area contributed by atoms with E-state index in [4.69, 9.17) is 14.2 Å². The predicted octanol–water partition coefficient (Wildman–Crippen LogP) is 1.01. The average Bonchev–Trinajstić information content (AvgIpc) is 2.44. The molecule has 0 bridgehead atoms. The second kappa shape index (κ2) is 6.07. The molecular formula is C11H15N5O3. The van der Waals surface area contributed by atoms with Crippen molar-refractivity contribution in [3.8, 4) is 17.9 Å². The van der Waals surface area contributed by atoms with Crippen molar-refractivity contribution in [3.05, 3.63) is 0 Å². The van der Waals surface area contributed by atoms with Gasteiger partial charge in [-0.15, -0.1) is 5.10 Å². The first-order valence-corrected chi connectivity index (χ1v) is 6.00. The molecule has 102 valence electrons. The molecule has 0 saturated carbocycles. The summed E-state index contributed by atoms with van der Waals surface area (Å²) in [6.07, 6.45) is 0.858. The van der Waals surface area contributed by atoms with E-state index in [0.29, 0.717) is 24.4 Å². The van der Waals surface area contributed by atoms with Crippen molar-refractivity contribution in [1.82, 2.24) is 25.1 Å². The lowest BCUT2D eigenvalue weighted by molar-refractivity contribution is 0.285. The first-order chi connectivity index (χ1) is 9.28. The van der Waals surface area contributed by atoms with Crippen LogP contribution in [0.15, 0.2) is 0 Å². The van der Waals surface area contributed by atoms with E-state index in [9.17, 15) is 0 Å². The Morgan fingerprint density at radius 3 is 2.47 bits per heavy atom. The summed E-state index contributed by atoms with van der Waals surface area (Å²) in [5.74, 6) is 0.284. The molecule has 0 unspecified atom stereocenters. The minimum absolute atomic E-state index is 0.166. The number of aromatic nitrogens is 5. The molecule has 0 aliphatic heterocycles. The highest BCUT2D eigenvalue weighted by atomic mass is 16.5. The van der Waals surface area contributed by atoms with E-state index in [1.54, 1.807) is 0 Å². The van der Waals surface area contributed by atoms with Crippen LogP contribution in [0.1, 0.15) is 20.3 Å². The van der Waals surface area contributed by atoms with E-state index in [0.717, 1.165) is 6.42 Å². The van der Waals surface area contributed by atoms with E-state index in [-0.39, 0.29) is 17.9 Å². The van der Waals surface area contributed by atoms with Crippen molar-refractivity contribution in [3.63, 3.8) is 0 Å². The molecule has 0 aliphatic carbocycles. The number of hydrogen-bond donors (Lipinski definition) is 0. The summed E-state index contributed by atoms with van der Waals surface area (Å²) in [5.41, 5.74) is 0.700. The van der Waals surface area contributed by atoms with Crippen LogP contribution < -0.4 is 14.2 Å². The largest absolute Gasteiger partial charge is 0.479 e. The van der Waals surface area contributed by atoms with Crippen LogP contribution >= 0.6 is 0 Å². The van der Waals surface area contributed by atoms with E-state index in [2.05, 4.69) is 25.1 Å². The maximum Gasteiger partial charge on any atom is 0.336 e. The summed E-state index contributed by atoms with van der Waals surface area (Å²) >= 11 is 0. The standard InChI is InChI=1S/C11H15N5O3/c1-4-6-19-10-13-8-7(9(14-10)17-3)12-11(16-15-8)18-5-2/h4-6H2,1-3H3. The maximum absolute atomic E-state index is 5.35. The zero-order valence-electron chi connectivity index (χ0n) is 11.1. The van der Waals surface area contributed by atoms with Gasteiger partial charge in [0.25, 0.3) is 0 Å². The van der Waals surface area contributed by atoms with Gasteiger partial charge in [0, 0.05) is 0 Å². The third kappa shape index (κ3) is 2.95. The van der Waals surface area contributed by atoms with Crippen molar-refractivity contribution in [2.45, 2.75) is 20.3 Å². The normalized spacial score (nSPS) is 10.5. The number of rotatable bonds is 6. The van der Waals surface area contributed by atoms with Crippen LogP contribution in [0.4, 0.5) is 0 Å². The van der Waals surface area contributed by atoms with E-state index in [1.807, 2.05) is 13.8 Å². The quantitative estimate of drug-likeness (QED) is 0.764. The van der Waals surface area contributed by atoms with Crippen LogP contribution in [0.5, 0.6) is 17.9 Å². The highest BCUT2D eigenvalue weighted by molar-refractivity contribution is 5.75. The third-order valence-electron chi connectivity index (χ3n) is 2.15. The van der Waals surface area contributed by atoms with Crippen LogP contribution in [0.2, 0.25) is 0 Å². The first kappa shape index (κ1) is 13.2. The number of ether oxygens (including phenoxy) is 3. The molecule has 0 fully saturated rings. The topological polar surface area (TPSA) is 92.1 Å². The van der Waals surface area contributed by atoms with E-state index >= 15 is 0 Å². The predicted molar refractivity (Wildman–Crippen MR) is 66.4 cm³/mol. The zero-order chi connectivity index (χ0) is 13.7. The lowest BCUT2D eigenvalue weighted by Crippen LogP contribution is -2.06. The molecule has 0 amide bonds. The smallest absolute Gasteiger partial charge is 0.336 e. The van der Waals surface area contributed by atoms with Crippen molar-refractivity contribution in [2.75, 3.05) is 20.3 Å². The summed E-state index contributed by atoms with van der Waals surface area (Å²) < 4.78 is 15.7. The minimum atomic E-state index is 0.166. The van der Waals surface area contributed by atoms with Gasteiger partial charge < -0.3 is 14.2 Å². The Morgan fingerprint density at radius 2 is 1.79 bits per heavy atom. The molecule has 19 heavy (non-hydrogen) atoms. The van der Waals surface area contributed by atoms with Crippen molar-refractivity contribution in [2.24, 2.45) is 0 Å². The molecule has 8 nitrogen and oxygen atoms in total. The number of hydrogen-bond acceptors (Lipinski definition) is 8. The van der Waals surface area contributed by atoms with Crippen LogP contribution in [0.3, 0.4) is 0 Å². The molecule has 0 spiro atoms. The van der Waals surface area contributed by atoms with Gasteiger partial charge in [0.2, 0.25) is 11.5 Å². The van der Waals surface area contributed by atoms with Gasteiger partial charge in [0.05, 0.1) is 20.3 Å². The van der Waals surface area contributed by atoms with Gasteiger partial charge in [-0.1, -0.05) is 12.0 Å². The molecule has 2 rings (SSSR count). The first-order valence-electron chi connectivity index (χ1n) is 6.00. The van der Waals surface area contributed by atoms with Crippen LogP contribution in [0, 0.1) is 0 Å². The molecular weight excluding hydrogens is 250 g/mol. The SMILES string of the molecule is CCCOc1nc(OC)c2nc(OCC)nnc2n1. The van der Waals surface area contributed by atoms with E-state index in [1.165, 1.54) is 7.11 Å². The molecule has 8 heteroatoms. The van der Waals surface area contributed by atoms with Gasteiger partial charge in [-0.25, -0.2) is 0 Å². The third-order valence-corrected chi connectivity index (χ3v) is 2.15.